The van der Waals surface area contributed by atoms with Crippen LogP contribution in [-0.2, 0) is 4.79 Å². The Balaban J connectivity index is 2.06. The van der Waals surface area contributed by atoms with Crippen molar-refractivity contribution < 1.29 is 4.79 Å². The molecular formula is C18H24N2OS. The number of amides is 1. The molecule has 1 aromatic carbocycles. The van der Waals surface area contributed by atoms with E-state index >= 15 is 0 Å². The van der Waals surface area contributed by atoms with E-state index in [0.717, 1.165) is 23.4 Å². The molecule has 0 saturated heterocycles. The second kappa shape index (κ2) is 7.63. The maximum atomic E-state index is 12.0. The largest absolute Gasteiger partial charge is 0.353 e. The second-order valence-electron chi connectivity index (χ2n) is 5.79. The van der Waals surface area contributed by atoms with Crippen LogP contribution in [0.3, 0.4) is 0 Å². The zero-order valence-corrected chi connectivity index (χ0v) is 14.6. The molecule has 0 bridgehead atoms. The van der Waals surface area contributed by atoms with E-state index < -0.39 is 0 Å². The molecule has 0 unspecified atom stereocenters. The number of fused-ring (bicyclic) bond motifs is 1. The first-order valence-corrected chi connectivity index (χ1v) is 8.79. The van der Waals surface area contributed by atoms with Crippen LogP contribution in [0.15, 0.2) is 29.3 Å². The smallest absolute Gasteiger partial charge is 0.230 e. The molecule has 0 spiro atoms. The van der Waals surface area contributed by atoms with Gasteiger partial charge in [0.15, 0.2) is 0 Å². The van der Waals surface area contributed by atoms with Gasteiger partial charge in [0.25, 0.3) is 0 Å². The maximum absolute atomic E-state index is 12.0. The number of nitrogens with zero attached hydrogens (tertiary/aromatic N) is 1. The van der Waals surface area contributed by atoms with E-state index in [9.17, 15) is 4.79 Å². The Hall–Kier alpha value is -1.55. The summed E-state index contributed by atoms with van der Waals surface area (Å²) in [6.07, 6.45) is 2.10. The summed E-state index contributed by atoms with van der Waals surface area (Å²) in [7, 11) is 0. The highest BCUT2D eigenvalue weighted by atomic mass is 32.2. The first kappa shape index (κ1) is 16.8. The van der Waals surface area contributed by atoms with E-state index in [1.807, 2.05) is 6.92 Å². The predicted octanol–water partition coefficient (Wildman–Crippen LogP) is 4.25. The van der Waals surface area contributed by atoms with Crippen molar-refractivity contribution in [3.63, 3.8) is 0 Å². The van der Waals surface area contributed by atoms with Gasteiger partial charge in [-0.15, -0.1) is 0 Å². The number of aryl methyl sites for hydroxylation is 2. The van der Waals surface area contributed by atoms with Gasteiger partial charge >= 0.3 is 0 Å². The SMILES string of the molecule is CCC[C@H](C)NC(=O)CSc1cc(C)c2cccc(C)c2n1. The van der Waals surface area contributed by atoms with Crippen LogP contribution in [-0.4, -0.2) is 22.7 Å². The van der Waals surface area contributed by atoms with Crippen molar-refractivity contribution in [3.8, 4) is 0 Å². The number of rotatable bonds is 6. The molecule has 4 heteroatoms. The Labute approximate surface area is 136 Å². The highest BCUT2D eigenvalue weighted by molar-refractivity contribution is 7.99. The van der Waals surface area contributed by atoms with Crippen LogP contribution >= 0.6 is 11.8 Å². The average molecular weight is 316 g/mol. The van der Waals surface area contributed by atoms with E-state index in [4.69, 9.17) is 4.98 Å². The number of hydrogen-bond acceptors (Lipinski definition) is 3. The van der Waals surface area contributed by atoms with Gasteiger partial charge in [-0.1, -0.05) is 43.3 Å². The van der Waals surface area contributed by atoms with Gasteiger partial charge in [0.2, 0.25) is 5.91 Å². The van der Waals surface area contributed by atoms with Crippen LogP contribution in [0, 0.1) is 13.8 Å². The van der Waals surface area contributed by atoms with Crippen molar-refractivity contribution in [3.05, 3.63) is 35.4 Å². The molecule has 1 amide bonds. The summed E-state index contributed by atoms with van der Waals surface area (Å²) in [5.74, 6) is 0.494. The third-order valence-electron chi connectivity index (χ3n) is 3.70. The number of thioether (sulfide) groups is 1. The number of carbonyl (C=O) groups excluding carboxylic acids is 1. The molecule has 0 radical (unpaired) electrons. The predicted molar refractivity (Wildman–Crippen MR) is 94.5 cm³/mol. The van der Waals surface area contributed by atoms with Gasteiger partial charge in [-0.2, -0.15) is 0 Å². The van der Waals surface area contributed by atoms with Crippen LogP contribution in [0.25, 0.3) is 10.9 Å². The molecule has 3 nitrogen and oxygen atoms in total. The van der Waals surface area contributed by atoms with E-state index in [-0.39, 0.29) is 11.9 Å². The Kier molecular flexibility index (Phi) is 5.83. The average Bonchev–Trinajstić information content (AvgIpc) is 2.46. The Morgan fingerprint density at radius 2 is 2.09 bits per heavy atom. The minimum absolute atomic E-state index is 0.0790. The van der Waals surface area contributed by atoms with Gasteiger partial charge in [0, 0.05) is 11.4 Å². The van der Waals surface area contributed by atoms with Gasteiger partial charge in [0.1, 0.15) is 0 Å². The van der Waals surface area contributed by atoms with Gasteiger partial charge < -0.3 is 5.32 Å². The second-order valence-corrected chi connectivity index (χ2v) is 6.79. The summed E-state index contributed by atoms with van der Waals surface area (Å²) in [6, 6.07) is 8.53. The first-order chi connectivity index (χ1) is 10.5. The fourth-order valence-electron chi connectivity index (χ4n) is 2.57. The standard InChI is InChI=1S/C18H24N2OS/c1-5-7-14(4)19-16(21)11-22-17-10-13(3)15-9-6-8-12(2)18(15)20-17/h6,8-10,14H,5,7,11H2,1-4H3,(H,19,21)/t14-/m0/s1. The molecule has 0 aliphatic heterocycles. The van der Waals surface area contributed by atoms with Crippen molar-refractivity contribution in [1.29, 1.82) is 0 Å². The molecule has 1 aromatic heterocycles. The zero-order chi connectivity index (χ0) is 16.1. The molecule has 0 aliphatic carbocycles. The summed E-state index contributed by atoms with van der Waals surface area (Å²) in [6.45, 7) is 8.34. The Bertz CT molecular complexity index is 669. The lowest BCUT2D eigenvalue weighted by atomic mass is 10.1. The monoisotopic (exact) mass is 316 g/mol. The van der Waals surface area contributed by atoms with Gasteiger partial charge in [-0.05, 0) is 44.4 Å². The van der Waals surface area contributed by atoms with Gasteiger partial charge in [-0.25, -0.2) is 4.98 Å². The molecule has 2 rings (SSSR count). The molecule has 22 heavy (non-hydrogen) atoms. The van der Waals surface area contributed by atoms with Crippen LogP contribution in [0.1, 0.15) is 37.8 Å². The van der Waals surface area contributed by atoms with Crippen LogP contribution in [0.4, 0.5) is 0 Å². The van der Waals surface area contributed by atoms with Crippen LogP contribution in [0.5, 0.6) is 0 Å². The number of para-hydroxylation sites is 1. The van der Waals surface area contributed by atoms with Crippen molar-refractivity contribution in [2.45, 2.75) is 51.6 Å². The van der Waals surface area contributed by atoms with Crippen molar-refractivity contribution in [2.24, 2.45) is 0 Å². The van der Waals surface area contributed by atoms with Crippen molar-refractivity contribution in [2.75, 3.05) is 5.75 Å². The molecule has 0 aliphatic rings. The third-order valence-corrected chi connectivity index (χ3v) is 4.62. The van der Waals surface area contributed by atoms with E-state index in [1.54, 1.807) is 0 Å². The van der Waals surface area contributed by atoms with Crippen LogP contribution in [0.2, 0.25) is 0 Å². The molecule has 1 heterocycles. The lowest BCUT2D eigenvalue weighted by Crippen LogP contribution is -2.33. The van der Waals surface area contributed by atoms with Crippen molar-refractivity contribution >= 4 is 28.6 Å². The zero-order valence-electron chi connectivity index (χ0n) is 13.8. The highest BCUT2D eigenvalue weighted by Crippen LogP contribution is 2.25. The summed E-state index contributed by atoms with van der Waals surface area (Å²) in [4.78, 5) is 16.7. The number of pyridine rings is 1. The van der Waals surface area contributed by atoms with Gasteiger partial charge in [0.05, 0.1) is 16.3 Å². The Morgan fingerprint density at radius 3 is 2.82 bits per heavy atom. The normalized spacial score (nSPS) is 12.4. The lowest BCUT2D eigenvalue weighted by molar-refractivity contribution is -0.119. The number of benzene rings is 1. The topological polar surface area (TPSA) is 42.0 Å². The third kappa shape index (κ3) is 4.23. The number of hydrogen-bond donors (Lipinski definition) is 1. The number of aromatic nitrogens is 1. The molecule has 118 valence electrons. The van der Waals surface area contributed by atoms with Crippen molar-refractivity contribution in [1.82, 2.24) is 10.3 Å². The number of nitrogens with one attached hydrogen (secondary N) is 1. The molecule has 1 atom stereocenters. The lowest BCUT2D eigenvalue weighted by Gasteiger charge is -2.12. The minimum Gasteiger partial charge on any atom is -0.353 e. The molecule has 2 aromatic rings. The van der Waals surface area contributed by atoms with Crippen LogP contribution < -0.4 is 5.32 Å². The summed E-state index contributed by atoms with van der Waals surface area (Å²) < 4.78 is 0. The molecule has 1 N–H and O–H groups in total. The van der Waals surface area contributed by atoms with E-state index in [1.165, 1.54) is 28.3 Å². The Morgan fingerprint density at radius 1 is 1.32 bits per heavy atom. The fraction of sp³-hybridized carbons (Fsp3) is 0.444. The maximum Gasteiger partial charge on any atom is 0.230 e. The van der Waals surface area contributed by atoms with E-state index in [0.29, 0.717) is 5.75 Å². The van der Waals surface area contributed by atoms with Gasteiger partial charge in [-0.3, -0.25) is 4.79 Å². The van der Waals surface area contributed by atoms with E-state index in [2.05, 4.69) is 50.4 Å². The summed E-state index contributed by atoms with van der Waals surface area (Å²) in [5, 5.41) is 5.13. The highest BCUT2D eigenvalue weighted by Gasteiger charge is 2.09. The molecule has 0 fully saturated rings. The molecule has 0 saturated carbocycles. The summed E-state index contributed by atoms with van der Waals surface area (Å²) >= 11 is 1.50. The fourth-order valence-corrected chi connectivity index (χ4v) is 3.34. The molecular weight excluding hydrogens is 292 g/mol. The number of carbonyl (C=O) groups is 1. The summed E-state index contributed by atoms with van der Waals surface area (Å²) in [5.41, 5.74) is 3.41. The minimum atomic E-state index is 0.0790. The quantitative estimate of drug-likeness (QED) is 0.810. The first-order valence-electron chi connectivity index (χ1n) is 7.80.